The highest BCUT2D eigenvalue weighted by atomic mass is 14.2. The maximum absolute atomic E-state index is 2.46. The molecule has 90 valence electrons. The Balaban J connectivity index is 3.94. The van der Waals surface area contributed by atoms with Crippen LogP contribution in [0.4, 0.5) is 0 Å². The fourth-order valence-electron chi connectivity index (χ4n) is 2.24. The largest absolute Gasteiger partial charge is 0.0883 e. The van der Waals surface area contributed by atoms with Crippen molar-refractivity contribution < 1.29 is 0 Å². The van der Waals surface area contributed by atoms with Crippen molar-refractivity contribution in [2.75, 3.05) is 0 Å². The van der Waals surface area contributed by atoms with Crippen LogP contribution in [-0.2, 0) is 0 Å². The topological polar surface area (TPSA) is 0 Å². The Hall–Kier alpha value is -0.260. The molecule has 0 nitrogen and oxygen atoms in total. The van der Waals surface area contributed by atoms with Crippen LogP contribution in [0.3, 0.4) is 0 Å². The lowest BCUT2D eigenvalue weighted by molar-refractivity contribution is 0.344. The van der Waals surface area contributed by atoms with Gasteiger partial charge in [0, 0.05) is 0 Å². The van der Waals surface area contributed by atoms with Gasteiger partial charge in [-0.15, -0.1) is 0 Å². The summed E-state index contributed by atoms with van der Waals surface area (Å²) in [6.45, 7) is 11.6. The van der Waals surface area contributed by atoms with E-state index in [1.54, 1.807) is 0 Å². The zero-order valence-corrected chi connectivity index (χ0v) is 11.4. The summed E-state index contributed by atoms with van der Waals surface area (Å²) in [5, 5.41) is 0. The van der Waals surface area contributed by atoms with Gasteiger partial charge in [-0.05, 0) is 37.0 Å². The van der Waals surface area contributed by atoms with Crippen molar-refractivity contribution >= 4 is 0 Å². The van der Waals surface area contributed by atoms with Crippen molar-refractivity contribution in [3.8, 4) is 0 Å². The molecule has 0 saturated heterocycles. The zero-order valence-electron chi connectivity index (χ0n) is 11.4. The average Bonchev–Trinajstić information content (AvgIpc) is 2.16. The van der Waals surface area contributed by atoms with Crippen molar-refractivity contribution in [2.24, 2.45) is 17.8 Å². The first-order valence-corrected chi connectivity index (χ1v) is 6.78. The van der Waals surface area contributed by atoms with Crippen molar-refractivity contribution in [3.63, 3.8) is 0 Å². The van der Waals surface area contributed by atoms with E-state index in [-0.39, 0.29) is 0 Å². The maximum atomic E-state index is 2.46. The van der Waals surface area contributed by atoms with E-state index < -0.39 is 0 Å². The molecule has 2 atom stereocenters. The van der Waals surface area contributed by atoms with Crippen LogP contribution in [0, 0.1) is 17.8 Å². The fourth-order valence-corrected chi connectivity index (χ4v) is 2.24. The molecule has 0 spiro atoms. The molecule has 0 amide bonds. The standard InChI is InChI=1S/C15H30/c1-6-8-9-10-11-15(7-2)14(5)12-13(3)4/h10-11,13-15H,6-9,12H2,1-5H3. The van der Waals surface area contributed by atoms with Gasteiger partial charge in [-0.1, -0.05) is 59.6 Å². The summed E-state index contributed by atoms with van der Waals surface area (Å²) < 4.78 is 0. The van der Waals surface area contributed by atoms with Crippen LogP contribution in [0.2, 0.25) is 0 Å². The van der Waals surface area contributed by atoms with E-state index in [0.29, 0.717) is 0 Å². The first-order valence-electron chi connectivity index (χ1n) is 6.78. The molecular weight excluding hydrogens is 180 g/mol. The van der Waals surface area contributed by atoms with Crippen LogP contribution < -0.4 is 0 Å². The number of hydrogen-bond donors (Lipinski definition) is 0. The molecule has 0 fully saturated rings. The second kappa shape index (κ2) is 9.00. The Labute approximate surface area is 97.2 Å². The summed E-state index contributed by atoms with van der Waals surface area (Å²) in [6, 6.07) is 0. The third-order valence-corrected chi connectivity index (χ3v) is 3.15. The highest BCUT2D eigenvalue weighted by Crippen LogP contribution is 2.24. The number of hydrogen-bond acceptors (Lipinski definition) is 0. The molecule has 0 bridgehead atoms. The molecule has 0 aromatic carbocycles. The van der Waals surface area contributed by atoms with Crippen molar-refractivity contribution in [3.05, 3.63) is 12.2 Å². The van der Waals surface area contributed by atoms with Gasteiger partial charge in [0.25, 0.3) is 0 Å². The van der Waals surface area contributed by atoms with E-state index in [2.05, 4.69) is 46.8 Å². The van der Waals surface area contributed by atoms with Crippen LogP contribution in [0.25, 0.3) is 0 Å². The summed E-state index contributed by atoms with van der Waals surface area (Å²) >= 11 is 0. The lowest BCUT2D eigenvalue weighted by Gasteiger charge is -2.21. The van der Waals surface area contributed by atoms with Crippen LogP contribution >= 0.6 is 0 Å². The summed E-state index contributed by atoms with van der Waals surface area (Å²) in [5.74, 6) is 2.47. The molecule has 0 heteroatoms. The van der Waals surface area contributed by atoms with Gasteiger partial charge in [0.05, 0.1) is 0 Å². The van der Waals surface area contributed by atoms with E-state index >= 15 is 0 Å². The molecule has 0 aromatic heterocycles. The second-order valence-corrected chi connectivity index (χ2v) is 5.25. The molecule has 0 saturated carbocycles. The SMILES string of the molecule is CCCCC=CC(CC)C(C)CC(C)C. The predicted octanol–water partition coefficient (Wildman–Crippen LogP) is 5.44. The van der Waals surface area contributed by atoms with E-state index in [1.165, 1.54) is 32.1 Å². The van der Waals surface area contributed by atoms with Crippen molar-refractivity contribution in [1.29, 1.82) is 0 Å². The smallest absolute Gasteiger partial charge is 0.0210 e. The predicted molar refractivity (Wildman–Crippen MR) is 71.1 cm³/mol. The minimum absolute atomic E-state index is 0.796. The summed E-state index contributed by atoms with van der Waals surface area (Å²) in [6.07, 6.45) is 11.4. The highest BCUT2D eigenvalue weighted by Gasteiger charge is 2.13. The first-order chi connectivity index (χ1) is 7.11. The second-order valence-electron chi connectivity index (χ2n) is 5.25. The van der Waals surface area contributed by atoms with Crippen molar-refractivity contribution in [2.45, 2.75) is 66.7 Å². The van der Waals surface area contributed by atoms with Gasteiger partial charge in [-0.3, -0.25) is 0 Å². The van der Waals surface area contributed by atoms with Gasteiger partial charge in [-0.2, -0.15) is 0 Å². The molecule has 0 radical (unpaired) electrons. The molecule has 0 aromatic rings. The van der Waals surface area contributed by atoms with Crippen molar-refractivity contribution in [1.82, 2.24) is 0 Å². The van der Waals surface area contributed by atoms with E-state index in [4.69, 9.17) is 0 Å². The molecule has 15 heavy (non-hydrogen) atoms. The first kappa shape index (κ1) is 14.7. The Morgan fingerprint density at radius 2 is 1.73 bits per heavy atom. The van der Waals surface area contributed by atoms with E-state index in [9.17, 15) is 0 Å². The third-order valence-electron chi connectivity index (χ3n) is 3.15. The number of allylic oxidation sites excluding steroid dienone is 2. The van der Waals surface area contributed by atoms with Crippen LogP contribution in [0.15, 0.2) is 12.2 Å². The molecule has 0 heterocycles. The Bertz CT molecular complexity index is 155. The quantitative estimate of drug-likeness (QED) is 0.369. The Kier molecular flexibility index (Phi) is 8.85. The zero-order chi connectivity index (χ0) is 11.7. The Morgan fingerprint density at radius 3 is 2.20 bits per heavy atom. The van der Waals surface area contributed by atoms with Gasteiger partial charge in [0.2, 0.25) is 0 Å². The summed E-state index contributed by atoms with van der Waals surface area (Å²) in [5.41, 5.74) is 0. The molecule has 0 aliphatic carbocycles. The third kappa shape index (κ3) is 7.64. The lowest BCUT2D eigenvalue weighted by Crippen LogP contribution is -2.10. The molecule has 0 aliphatic heterocycles. The van der Waals surface area contributed by atoms with E-state index in [1.807, 2.05) is 0 Å². The minimum atomic E-state index is 0.796. The molecule has 0 rings (SSSR count). The molecular formula is C15H30. The number of unbranched alkanes of at least 4 members (excludes halogenated alkanes) is 2. The summed E-state index contributed by atoms with van der Waals surface area (Å²) in [4.78, 5) is 0. The number of rotatable bonds is 8. The van der Waals surface area contributed by atoms with E-state index in [0.717, 1.165) is 17.8 Å². The highest BCUT2D eigenvalue weighted by molar-refractivity contribution is 4.90. The molecule has 0 aliphatic rings. The fraction of sp³-hybridized carbons (Fsp3) is 0.867. The van der Waals surface area contributed by atoms with Gasteiger partial charge >= 0.3 is 0 Å². The summed E-state index contributed by atoms with van der Waals surface area (Å²) in [7, 11) is 0. The Morgan fingerprint density at radius 1 is 1.07 bits per heavy atom. The van der Waals surface area contributed by atoms with Crippen LogP contribution in [0.1, 0.15) is 66.7 Å². The molecule has 0 N–H and O–H groups in total. The molecule has 2 unspecified atom stereocenters. The maximum Gasteiger partial charge on any atom is -0.0210 e. The van der Waals surface area contributed by atoms with Gasteiger partial charge in [0.1, 0.15) is 0 Å². The van der Waals surface area contributed by atoms with Crippen LogP contribution in [0.5, 0.6) is 0 Å². The lowest BCUT2D eigenvalue weighted by atomic mass is 9.85. The van der Waals surface area contributed by atoms with Gasteiger partial charge < -0.3 is 0 Å². The van der Waals surface area contributed by atoms with Gasteiger partial charge in [0.15, 0.2) is 0 Å². The van der Waals surface area contributed by atoms with Gasteiger partial charge in [-0.25, -0.2) is 0 Å². The van der Waals surface area contributed by atoms with Crippen LogP contribution in [-0.4, -0.2) is 0 Å². The normalized spacial score (nSPS) is 16.1. The average molecular weight is 210 g/mol. The monoisotopic (exact) mass is 210 g/mol. The minimum Gasteiger partial charge on any atom is -0.0883 e.